The predicted octanol–water partition coefficient (Wildman–Crippen LogP) is 6.03. The fourth-order valence-electron chi connectivity index (χ4n) is 3.35. The molecule has 0 spiro atoms. The third-order valence-corrected chi connectivity index (χ3v) is 4.60. The van der Waals surface area contributed by atoms with E-state index in [0.29, 0.717) is 11.8 Å². The van der Waals surface area contributed by atoms with Crippen LogP contribution in [-0.4, -0.2) is 0 Å². The zero-order chi connectivity index (χ0) is 15.4. The van der Waals surface area contributed by atoms with Crippen molar-refractivity contribution < 1.29 is 0 Å². The third kappa shape index (κ3) is 3.22. The van der Waals surface area contributed by atoms with E-state index in [0.717, 1.165) is 12.8 Å². The first-order valence-corrected chi connectivity index (χ1v) is 8.10. The van der Waals surface area contributed by atoms with Crippen molar-refractivity contribution in [2.75, 3.05) is 0 Å². The van der Waals surface area contributed by atoms with E-state index >= 15 is 0 Å². The largest absolute Gasteiger partial charge is 0.0622 e. The number of hydrogen-bond donors (Lipinski definition) is 0. The van der Waals surface area contributed by atoms with Crippen molar-refractivity contribution in [3.63, 3.8) is 0 Å². The van der Waals surface area contributed by atoms with E-state index in [1.165, 1.54) is 21.9 Å². The fourth-order valence-corrected chi connectivity index (χ4v) is 3.35. The molecule has 2 unspecified atom stereocenters. The lowest BCUT2D eigenvalue weighted by Gasteiger charge is -2.24. The highest BCUT2D eigenvalue weighted by Crippen LogP contribution is 2.32. The average Bonchev–Trinajstić information content (AvgIpc) is 2.56. The molecule has 0 bridgehead atoms. The highest BCUT2D eigenvalue weighted by Gasteiger charge is 2.18. The van der Waals surface area contributed by atoms with E-state index in [9.17, 15) is 0 Å². The van der Waals surface area contributed by atoms with Gasteiger partial charge in [0.2, 0.25) is 0 Å². The van der Waals surface area contributed by atoms with Gasteiger partial charge in [0.15, 0.2) is 0 Å². The van der Waals surface area contributed by atoms with Crippen molar-refractivity contribution in [2.45, 2.75) is 25.7 Å². The summed E-state index contributed by atoms with van der Waals surface area (Å²) in [6.07, 6.45) is 2.04. The lowest BCUT2D eigenvalue weighted by atomic mass is 9.81. The van der Waals surface area contributed by atoms with E-state index in [-0.39, 0.29) is 0 Å². The maximum absolute atomic E-state index is 4.21. The molecule has 0 saturated heterocycles. The molecule has 0 saturated carbocycles. The Kier molecular flexibility index (Phi) is 4.58. The van der Waals surface area contributed by atoms with E-state index in [4.69, 9.17) is 0 Å². The summed E-state index contributed by atoms with van der Waals surface area (Å²) in [5, 5.41) is 2.63. The molecule has 3 rings (SSSR count). The summed E-state index contributed by atoms with van der Waals surface area (Å²) in [5.41, 5.74) is 2.83. The highest BCUT2D eigenvalue weighted by atomic mass is 14.2. The van der Waals surface area contributed by atoms with Gasteiger partial charge in [0.25, 0.3) is 0 Å². The van der Waals surface area contributed by atoms with Gasteiger partial charge < -0.3 is 0 Å². The van der Waals surface area contributed by atoms with Crippen molar-refractivity contribution in [2.24, 2.45) is 5.92 Å². The monoisotopic (exact) mass is 287 g/mol. The Bertz CT molecular complexity index is 727. The molecule has 0 heteroatoms. The Hall–Kier alpha value is -2.08. The smallest absolute Gasteiger partial charge is 0.0133 e. The lowest BCUT2D eigenvalue weighted by Crippen LogP contribution is -2.12. The van der Waals surface area contributed by atoms with Crippen LogP contribution in [0, 0.1) is 12.8 Å². The van der Waals surface area contributed by atoms with Crippen molar-refractivity contribution in [3.8, 4) is 0 Å². The van der Waals surface area contributed by atoms with E-state index < -0.39 is 0 Å². The minimum absolute atomic E-state index is 0.504. The van der Waals surface area contributed by atoms with Crippen LogP contribution in [0.25, 0.3) is 10.8 Å². The number of fused-ring (bicyclic) bond motifs is 1. The summed E-state index contributed by atoms with van der Waals surface area (Å²) < 4.78 is 0. The topological polar surface area (TPSA) is 0 Å². The fraction of sp³-hybridized carbons (Fsp3) is 0.227. The molecule has 0 aliphatic carbocycles. The van der Waals surface area contributed by atoms with Crippen molar-refractivity contribution in [3.05, 3.63) is 90.8 Å². The molecule has 0 N–H and O–H groups in total. The van der Waals surface area contributed by atoms with E-state index in [1.54, 1.807) is 0 Å². The molecule has 0 fully saturated rings. The Morgan fingerprint density at radius 1 is 0.818 bits per heavy atom. The van der Waals surface area contributed by atoms with Crippen molar-refractivity contribution in [1.82, 2.24) is 0 Å². The second-order valence-electron chi connectivity index (χ2n) is 6.17. The molecule has 22 heavy (non-hydrogen) atoms. The summed E-state index contributed by atoms with van der Waals surface area (Å²) in [5.74, 6) is 1.09. The lowest BCUT2D eigenvalue weighted by molar-refractivity contribution is 0.458. The first-order chi connectivity index (χ1) is 10.8. The molecule has 3 aromatic rings. The molecule has 0 heterocycles. The first kappa shape index (κ1) is 14.8. The second-order valence-corrected chi connectivity index (χ2v) is 6.17. The van der Waals surface area contributed by atoms with Crippen LogP contribution in [0.2, 0.25) is 0 Å². The Labute approximate surface area is 133 Å². The van der Waals surface area contributed by atoms with Crippen LogP contribution in [0.5, 0.6) is 0 Å². The zero-order valence-electron chi connectivity index (χ0n) is 13.2. The average molecular weight is 287 g/mol. The van der Waals surface area contributed by atoms with Crippen LogP contribution in [0.15, 0.2) is 72.8 Å². The van der Waals surface area contributed by atoms with Crippen LogP contribution in [0.1, 0.15) is 30.4 Å². The maximum atomic E-state index is 4.21. The summed E-state index contributed by atoms with van der Waals surface area (Å²) in [6, 6.07) is 26.2. The Balaban J connectivity index is 1.85. The van der Waals surface area contributed by atoms with Gasteiger partial charge in [0.1, 0.15) is 0 Å². The minimum atomic E-state index is 0.504. The molecule has 111 valence electrons. The third-order valence-electron chi connectivity index (χ3n) is 4.60. The normalized spacial score (nSPS) is 13.9. The van der Waals surface area contributed by atoms with Crippen LogP contribution in [0.4, 0.5) is 0 Å². The van der Waals surface area contributed by atoms with Gasteiger partial charge >= 0.3 is 0 Å². The van der Waals surface area contributed by atoms with E-state index in [1.807, 2.05) is 0 Å². The summed E-state index contributed by atoms with van der Waals surface area (Å²) in [4.78, 5) is 0. The standard InChI is InChI=1S/C22H23/c1-3-22(17(2)15-18-9-5-4-6-10-18)21-14-13-19-11-7-8-12-20(19)16-21/h4-14,16-17,22H,1,3,15H2,2H3. The van der Waals surface area contributed by atoms with Crippen molar-refractivity contribution in [1.29, 1.82) is 0 Å². The Morgan fingerprint density at radius 2 is 1.50 bits per heavy atom. The molecule has 0 nitrogen and oxygen atoms in total. The number of benzene rings is 3. The zero-order valence-corrected chi connectivity index (χ0v) is 13.2. The quantitative estimate of drug-likeness (QED) is 0.537. The molecular formula is C22H23. The maximum Gasteiger partial charge on any atom is -0.0133 e. The summed E-state index contributed by atoms with van der Waals surface area (Å²) in [7, 11) is 0. The molecule has 0 amide bonds. The molecule has 3 aromatic carbocycles. The molecule has 2 atom stereocenters. The number of hydrogen-bond acceptors (Lipinski definition) is 0. The van der Waals surface area contributed by atoms with Gasteiger partial charge in [-0.2, -0.15) is 0 Å². The molecule has 0 aromatic heterocycles. The Morgan fingerprint density at radius 3 is 2.23 bits per heavy atom. The van der Waals surface area contributed by atoms with Gasteiger partial charge in [-0.05, 0) is 46.6 Å². The van der Waals surface area contributed by atoms with Gasteiger partial charge in [-0.25, -0.2) is 0 Å². The van der Waals surface area contributed by atoms with Crippen LogP contribution >= 0.6 is 0 Å². The molecule has 0 aliphatic heterocycles. The summed E-state index contributed by atoms with van der Waals surface area (Å²) in [6.45, 7) is 6.55. The van der Waals surface area contributed by atoms with E-state index in [2.05, 4.69) is 86.6 Å². The molecule has 1 radical (unpaired) electrons. The van der Waals surface area contributed by atoms with Gasteiger partial charge in [0, 0.05) is 0 Å². The van der Waals surface area contributed by atoms with Crippen LogP contribution in [-0.2, 0) is 6.42 Å². The van der Waals surface area contributed by atoms with Gasteiger partial charge in [-0.1, -0.05) is 86.6 Å². The SMILES string of the molecule is [CH2]CC(c1ccc2ccccc2c1)C(C)Cc1ccccc1. The second kappa shape index (κ2) is 6.79. The van der Waals surface area contributed by atoms with Crippen molar-refractivity contribution >= 4 is 10.8 Å². The predicted molar refractivity (Wildman–Crippen MR) is 96.0 cm³/mol. The minimum Gasteiger partial charge on any atom is -0.0622 e. The summed E-state index contributed by atoms with van der Waals surface area (Å²) >= 11 is 0. The molecular weight excluding hydrogens is 264 g/mol. The molecule has 0 aliphatic rings. The first-order valence-electron chi connectivity index (χ1n) is 8.10. The van der Waals surface area contributed by atoms with Crippen LogP contribution in [0.3, 0.4) is 0 Å². The van der Waals surface area contributed by atoms with Gasteiger partial charge in [0.05, 0.1) is 0 Å². The number of rotatable bonds is 5. The van der Waals surface area contributed by atoms with Crippen LogP contribution < -0.4 is 0 Å². The van der Waals surface area contributed by atoms with Gasteiger partial charge in [-0.3, -0.25) is 0 Å². The highest BCUT2D eigenvalue weighted by molar-refractivity contribution is 5.83. The van der Waals surface area contributed by atoms with Gasteiger partial charge in [-0.15, -0.1) is 0 Å².